The number of fused-ring (bicyclic) bond motifs is 1. The lowest BCUT2D eigenvalue weighted by molar-refractivity contribution is -0.384. The van der Waals surface area contributed by atoms with Crippen LogP contribution in [0.2, 0.25) is 0 Å². The fourth-order valence-electron chi connectivity index (χ4n) is 2.78. The van der Waals surface area contributed by atoms with E-state index in [9.17, 15) is 14.9 Å². The third-order valence-electron chi connectivity index (χ3n) is 4.26. The van der Waals surface area contributed by atoms with E-state index in [0.717, 1.165) is 0 Å². The molecule has 3 aromatic rings. The molecule has 4 rings (SSSR count). The number of furan rings is 1. The van der Waals surface area contributed by atoms with Gasteiger partial charge in [-0.1, -0.05) is 0 Å². The second-order valence-electron chi connectivity index (χ2n) is 6.34. The van der Waals surface area contributed by atoms with Gasteiger partial charge in [-0.3, -0.25) is 14.9 Å². The SMILES string of the molecule is O=C(CNc1ccc2c(c1)OCO2)N/N=C\c1ccc(-c2ccc([N+](=O)[O-])cc2Br)o1. The normalized spacial score (nSPS) is 12.2. The van der Waals surface area contributed by atoms with Crippen molar-refractivity contribution in [1.82, 2.24) is 5.43 Å². The summed E-state index contributed by atoms with van der Waals surface area (Å²) >= 11 is 3.31. The van der Waals surface area contributed by atoms with E-state index in [-0.39, 0.29) is 24.9 Å². The number of ether oxygens (including phenoxy) is 2. The Morgan fingerprint density at radius 2 is 2.00 bits per heavy atom. The van der Waals surface area contributed by atoms with Crippen LogP contribution in [-0.2, 0) is 4.79 Å². The number of nitro benzene ring substituents is 1. The van der Waals surface area contributed by atoms with E-state index in [0.29, 0.717) is 38.7 Å². The Balaban J connectivity index is 1.31. The van der Waals surface area contributed by atoms with Crippen molar-refractivity contribution in [3.05, 3.63) is 68.9 Å². The average Bonchev–Trinajstić information content (AvgIpc) is 3.41. The Kier molecular flexibility index (Phi) is 5.85. The Hall–Kier alpha value is -3.86. The van der Waals surface area contributed by atoms with Crippen LogP contribution in [0, 0.1) is 10.1 Å². The number of rotatable bonds is 7. The molecule has 10 nitrogen and oxygen atoms in total. The molecule has 0 saturated carbocycles. The monoisotopic (exact) mass is 486 g/mol. The van der Waals surface area contributed by atoms with E-state index < -0.39 is 4.92 Å². The van der Waals surface area contributed by atoms with E-state index in [2.05, 4.69) is 31.8 Å². The number of nitrogens with one attached hydrogen (secondary N) is 2. The summed E-state index contributed by atoms with van der Waals surface area (Å²) in [6, 6.07) is 13.1. The van der Waals surface area contributed by atoms with Gasteiger partial charge in [-0.25, -0.2) is 5.43 Å². The summed E-state index contributed by atoms with van der Waals surface area (Å²) in [6.07, 6.45) is 1.36. The standard InChI is InChI=1S/C20H15BrN4O6/c21-16-8-13(25(27)28)2-4-15(16)17-6-3-14(31-17)9-23-24-20(26)10-22-12-1-5-18-19(7-12)30-11-29-18/h1-9,22H,10-11H2,(H,24,26)/b23-9-. The molecule has 0 saturated heterocycles. The molecule has 0 unspecified atom stereocenters. The zero-order chi connectivity index (χ0) is 21.8. The van der Waals surface area contributed by atoms with Gasteiger partial charge in [0.25, 0.3) is 11.6 Å². The van der Waals surface area contributed by atoms with E-state index in [1.165, 1.54) is 18.3 Å². The third-order valence-corrected chi connectivity index (χ3v) is 4.92. The van der Waals surface area contributed by atoms with E-state index in [4.69, 9.17) is 13.9 Å². The maximum absolute atomic E-state index is 12.0. The number of hydrazone groups is 1. The lowest BCUT2D eigenvalue weighted by atomic mass is 10.1. The van der Waals surface area contributed by atoms with Crippen LogP contribution >= 0.6 is 15.9 Å². The second kappa shape index (κ2) is 8.88. The number of carbonyl (C=O) groups excluding carboxylic acids is 1. The van der Waals surface area contributed by atoms with Crippen molar-refractivity contribution in [2.45, 2.75) is 0 Å². The summed E-state index contributed by atoms with van der Waals surface area (Å²) in [4.78, 5) is 22.3. The van der Waals surface area contributed by atoms with Gasteiger partial charge in [-0.15, -0.1) is 0 Å². The van der Waals surface area contributed by atoms with Gasteiger partial charge >= 0.3 is 0 Å². The molecule has 0 fully saturated rings. The summed E-state index contributed by atoms with van der Waals surface area (Å²) < 4.78 is 16.7. The molecule has 2 heterocycles. The number of amides is 1. The molecule has 1 amide bonds. The molecule has 11 heteroatoms. The van der Waals surface area contributed by atoms with Crippen LogP contribution in [0.15, 0.2) is 62.5 Å². The molecule has 0 spiro atoms. The number of halogens is 1. The van der Waals surface area contributed by atoms with E-state index in [1.807, 2.05) is 0 Å². The van der Waals surface area contributed by atoms with Crippen molar-refractivity contribution in [2.24, 2.45) is 5.10 Å². The Labute approximate surface area is 184 Å². The quantitative estimate of drug-likeness (QED) is 0.294. The molecule has 1 aliphatic heterocycles. The number of nitro groups is 1. The second-order valence-corrected chi connectivity index (χ2v) is 7.19. The molecule has 2 aromatic carbocycles. The van der Waals surface area contributed by atoms with Crippen LogP contribution in [0.5, 0.6) is 11.5 Å². The van der Waals surface area contributed by atoms with Crippen LogP contribution in [0.25, 0.3) is 11.3 Å². The van der Waals surface area contributed by atoms with Crippen molar-refractivity contribution in [2.75, 3.05) is 18.7 Å². The predicted octanol–water partition coefficient (Wildman–Crippen LogP) is 3.91. The molecule has 0 atom stereocenters. The van der Waals surface area contributed by atoms with Crippen molar-refractivity contribution in [3.63, 3.8) is 0 Å². The van der Waals surface area contributed by atoms with Crippen molar-refractivity contribution >= 4 is 39.4 Å². The molecule has 2 N–H and O–H groups in total. The van der Waals surface area contributed by atoms with Gasteiger partial charge in [-0.2, -0.15) is 5.10 Å². The number of benzene rings is 2. The van der Waals surface area contributed by atoms with Crippen LogP contribution in [0.1, 0.15) is 5.76 Å². The first kappa shape index (κ1) is 20.4. The summed E-state index contributed by atoms with van der Waals surface area (Å²) in [6.45, 7) is 0.194. The molecule has 158 valence electrons. The molecule has 1 aromatic heterocycles. The largest absolute Gasteiger partial charge is 0.455 e. The van der Waals surface area contributed by atoms with E-state index in [1.54, 1.807) is 36.4 Å². The highest BCUT2D eigenvalue weighted by Gasteiger charge is 2.14. The number of hydrogen-bond donors (Lipinski definition) is 2. The number of nitrogens with zero attached hydrogens (tertiary/aromatic N) is 2. The topological polar surface area (TPSA) is 128 Å². The van der Waals surface area contributed by atoms with Gasteiger partial charge in [0.05, 0.1) is 17.7 Å². The summed E-state index contributed by atoms with van der Waals surface area (Å²) in [5.74, 6) is 1.84. The number of carbonyl (C=O) groups is 1. The number of anilines is 1. The predicted molar refractivity (Wildman–Crippen MR) is 115 cm³/mol. The van der Waals surface area contributed by atoms with Crippen molar-refractivity contribution < 1.29 is 23.6 Å². The van der Waals surface area contributed by atoms with Crippen molar-refractivity contribution in [1.29, 1.82) is 0 Å². The molecule has 0 radical (unpaired) electrons. The highest BCUT2D eigenvalue weighted by Crippen LogP contribution is 2.34. The van der Waals surface area contributed by atoms with Gasteiger partial charge in [0, 0.05) is 33.9 Å². The zero-order valence-corrected chi connectivity index (χ0v) is 17.4. The van der Waals surface area contributed by atoms with Crippen LogP contribution in [0.3, 0.4) is 0 Å². The molecule has 0 aliphatic carbocycles. The summed E-state index contributed by atoms with van der Waals surface area (Å²) in [5.41, 5.74) is 3.75. The van der Waals surface area contributed by atoms with Gasteiger partial charge in [-0.05, 0) is 46.3 Å². The fraction of sp³-hybridized carbons (Fsp3) is 0.100. The minimum Gasteiger partial charge on any atom is -0.455 e. The van der Waals surface area contributed by atoms with Crippen LogP contribution < -0.4 is 20.2 Å². The molecular formula is C20H15BrN4O6. The Bertz CT molecular complexity index is 1180. The smallest absolute Gasteiger partial charge is 0.270 e. The highest BCUT2D eigenvalue weighted by atomic mass is 79.9. The molecule has 31 heavy (non-hydrogen) atoms. The Morgan fingerprint density at radius 3 is 2.81 bits per heavy atom. The third kappa shape index (κ3) is 4.83. The van der Waals surface area contributed by atoms with Crippen molar-refractivity contribution in [3.8, 4) is 22.8 Å². The maximum Gasteiger partial charge on any atom is 0.270 e. The first-order valence-electron chi connectivity index (χ1n) is 8.99. The highest BCUT2D eigenvalue weighted by molar-refractivity contribution is 9.10. The summed E-state index contributed by atoms with van der Waals surface area (Å²) in [5, 5.41) is 17.7. The van der Waals surface area contributed by atoms with Gasteiger partial charge in [0.15, 0.2) is 11.5 Å². The van der Waals surface area contributed by atoms with Gasteiger partial charge < -0.3 is 19.2 Å². The summed E-state index contributed by atoms with van der Waals surface area (Å²) in [7, 11) is 0. The van der Waals surface area contributed by atoms with Crippen LogP contribution in [0.4, 0.5) is 11.4 Å². The molecular weight excluding hydrogens is 472 g/mol. The first-order chi connectivity index (χ1) is 15.0. The molecule has 0 bridgehead atoms. The molecule has 1 aliphatic rings. The van der Waals surface area contributed by atoms with E-state index >= 15 is 0 Å². The zero-order valence-electron chi connectivity index (χ0n) is 15.8. The first-order valence-corrected chi connectivity index (χ1v) is 9.78. The lowest BCUT2D eigenvalue weighted by Crippen LogP contribution is -2.25. The number of non-ortho nitro benzene ring substituents is 1. The van der Waals surface area contributed by atoms with Gasteiger partial charge in [0.2, 0.25) is 6.79 Å². The lowest BCUT2D eigenvalue weighted by Gasteiger charge is -2.06. The minimum atomic E-state index is -0.473. The number of hydrogen-bond acceptors (Lipinski definition) is 8. The van der Waals surface area contributed by atoms with Crippen LogP contribution in [-0.4, -0.2) is 30.4 Å². The maximum atomic E-state index is 12.0. The average molecular weight is 487 g/mol. The Morgan fingerprint density at radius 1 is 1.16 bits per heavy atom. The fourth-order valence-corrected chi connectivity index (χ4v) is 3.34. The van der Waals surface area contributed by atoms with Gasteiger partial charge in [0.1, 0.15) is 11.5 Å². The minimum absolute atomic E-state index is 0.0100.